The van der Waals surface area contributed by atoms with Gasteiger partial charge in [-0.25, -0.2) is 4.98 Å². The minimum atomic E-state index is -0.704. The molecule has 94 valence electrons. The van der Waals surface area contributed by atoms with Crippen molar-refractivity contribution < 1.29 is 9.84 Å². The van der Waals surface area contributed by atoms with E-state index in [-0.39, 0.29) is 6.04 Å². The van der Waals surface area contributed by atoms with Crippen LogP contribution >= 0.6 is 0 Å². The van der Waals surface area contributed by atoms with Crippen molar-refractivity contribution in [1.82, 2.24) is 9.55 Å². The quantitative estimate of drug-likeness (QED) is 0.847. The maximum Gasteiger partial charge on any atom is 0.185 e. The van der Waals surface area contributed by atoms with Gasteiger partial charge >= 0.3 is 0 Å². The van der Waals surface area contributed by atoms with Crippen molar-refractivity contribution in [1.29, 1.82) is 5.26 Å². The van der Waals surface area contributed by atoms with Crippen LogP contribution in [0.2, 0.25) is 0 Å². The Morgan fingerprint density at radius 3 is 2.53 bits per heavy atom. The van der Waals surface area contributed by atoms with Gasteiger partial charge in [0.05, 0.1) is 30.4 Å². The molecule has 5 nitrogen and oxygen atoms in total. The van der Waals surface area contributed by atoms with E-state index in [1.54, 1.807) is 26.4 Å². The summed E-state index contributed by atoms with van der Waals surface area (Å²) >= 11 is 0. The third kappa shape index (κ3) is 3.29. The Kier molecular flexibility index (Phi) is 4.67. The molecule has 3 atom stereocenters. The van der Waals surface area contributed by atoms with Crippen molar-refractivity contribution in [2.45, 2.75) is 52.0 Å². The van der Waals surface area contributed by atoms with Crippen molar-refractivity contribution in [3.63, 3.8) is 0 Å². The highest BCUT2D eigenvalue weighted by atomic mass is 16.5. The predicted octanol–water partition coefficient (Wildman–Crippen LogP) is 1.81. The summed E-state index contributed by atoms with van der Waals surface area (Å²) in [5.74, 6) is 0. The van der Waals surface area contributed by atoms with E-state index in [2.05, 4.69) is 11.1 Å². The molecule has 0 bridgehead atoms. The maximum atomic E-state index is 9.38. The zero-order valence-corrected chi connectivity index (χ0v) is 10.7. The lowest BCUT2D eigenvalue weighted by molar-refractivity contribution is -0.0450. The van der Waals surface area contributed by atoms with Gasteiger partial charge in [0.1, 0.15) is 6.07 Å². The van der Waals surface area contributed by atoms with Crippen LogP contribution in [-0.4, -0.2) is 26.9 Å². The smallest absolute Gasteiger partial charge is 0.185 e. The second kappa shape index (κ2) is 5.80. The normalized spacial score (nSPS) is 16.5. The highest BCUT2D eigenvalue weighted by molar-refractivity contribution is 5.12. The maximum absolute atomic E-state index is 9.38. The molecule has 0 saturated carbocycles. The lowest BCUT2D eigenvalue weighted by atomic mass is 10.2. The third-order valence-corrected chi connectivity index (χ3v) is 2.67. The summed E-state index contributed by atoms with van der Waals surface area (Å²) in [5.41, 5.74) is 0.718. The minimum absolute atomic E-state index is 0.216. The van der Waals surface area contributed by atoms with Gasteiger partial charge in [-0.3, -0.25) is 0 Å². The summed E-state index contributed by atoms with van der Waals surface area (Å²) in [6, 6.07) is 2.31. The fraction of sp³-hybridized carbons (Fsp3) is 0.667. The van der Waals surface area contributed by atoms with Crippen LogP contribution in [0.3, 0.4) is 0 Å². The van der Waals surface area contributed by atoms with E-state index in [0.717, 1.165) is 5.69 Å². The molecular formula is C12H19N3O2. The topological polar surface area (TPSA) is 71.1 Å². The molecule has 1 aromatic heterocycles. The lowest BCUT2D eigenvalue weighted by Crippen LogP contribution is -2.25. The number of hydrogen-bond donors (Lipinski definition) is 1. The van der Waals surface area contributed by atoms with Gasteiger partial charge in [-0.2, -0.15) is 5.26 Å². The molecule has 0 spiro atoms. The first kappa shape index (κ1) is 13.7. The number of aliphatic hydroxyl groups excluding tert-OH is 1. The highest BCUT2D eigenvalue weighted by Crippen LogP contribution is 2.22. The number of hydrogen-bond acceptors (Lipinski definition) is 4. The van der Waals surface area contributed by atoms with E-state index >= 15 is 0 Å². The number of aliphatic hydroxyl groups is 1. The molecule has 1 aromatic rings. The van der Waals surface area contributed by atoms with Gasteiger partial charge in [-0.05, 0) is 27.7 Å². The van der Waals surface area contributed by atoms with Crippen molar-refractivity contribution >= 4 is 0 Å². The Labute approximate surface area is 102 Å². The van der Waals surface area contributed by atoms with Gasteiger partial charge in [0.25, 0.3) is 0 Å². The van der Waals surface area contributed by atoms with Crippen molar-refractivity contribution in [3.8, 4) is 6.07 Å². The van der Waals surface area contributed by atoms with Gasteiger partial charge in [-0.15, -0.1) is 0 Å². The molecule has 17 heavy (non-hydrogen) atoms. The molecule has 0 aliphatic carbocycles. The summed E-state index contributed by atoms with van der Waals surface area (Å²) in [7, 11) is 0. The second-order valence-corrected chi connectivity index (χ2v) is 4.41. The first-order valence-corrected chi connectivity index (χ1v) is 5.72. The second-order valence-electron chi connectivity index (χ2n) is 4.41. The van der Waals surface area contributed by atoms with Crippen LogP contribution in [0.1, 0.15) is 45.5 Å². The molecule has 1 rings (SSSR count). The van der Waals surface area contributed by atoms with E-state index in [1.165, 1.54) is 0 Å². The van der Waals surface area contributed by atoms with Gasteiger partial charge in [0, 0.05) is 6.04 Å². The fourth-order valence-electron chi connectivity index (χ4n) is 1.44. The molecule has 0 amide bonds. The first-order chi connectivity index (χ1) is 7.97. The van der Waals surface area contributed by atoms with E-state index in [4.69, 9.17) is 10.00 Å². The van der Waals surface area contributed by atoms with Gasteiger partial charge in [-0.1, -0.05) is 0 Å². The number of imidazole rings is 1. The van der Waals surface area contributed by atoms with Crippen molar-refractivity contribution in [2.75, 3.05) is 0 Å². The van der Waals surface area contributed by atoms with Crippen LogP contribution in [0.25, 0.3) is 0 Å². The Balaban J connectivity index is 2.88. The summed E-state index contributed by atoms with van der Waals surface area (Å²) in [6.45, 7) is 7.40. The van der Waals surface area contributed by atoms with Crippen molar-refractivity contribution in [3.05, 3.63) is 18.2 Å². The van der Waals surface area contributed by atoms with Crippen LogP contribution in [0.5, 0.6) is 0 Å². The first-order valence-electron chi connectivity index (χ1n) is 5.72. The summed E-state index contributed by atoms with van der Waals surface area (Å²) < 4.78 is 7.42. The molecular weight excluding hydrogens is 218 g/mol. The Morgan fingerprint density at radius 1 is 1.41 bits per heavy atom. The number of nitrogens with zero attached hydrogens (tertiary/aromatic N) is 3. The Morgan fingerprint density at radius 2 is 2.06 bits per heavy atom. The van der Waals surface area contributed by atoms with E-state index in [0.29, 0.717) is 0 Å². The molecule has 0 aliphatic rings. The van der Waals surface area contributed by atoms with Crippen LogP contribution in [0.15, 0.2) is 12.5 Å². The van der Waals surface area contributed by atoms with Crippen LogP contribution in [-0.2, 0) is 4.74 Å². The summed E-state index contributed by atoms with van der Waals surface area (Å²) in [4.78, 5) is 4.03. The molecule has 1 N–H and O–H groups in total. The molecule has 0 saturated heterocycles. The van der Waals surface area contributed by atoms with E-state index < -0.39 is 18.3 Å². The number of ether oxygens (including phenoxy) is 1. The number of nitriles is 1. The van der Waals surface area contributed by atoms with E-state index in [9.17, 15) is 5.11 Å². The SMILES string of the molecule is CC(O)C(C)OC(C#N)c1cncn1C(C)C. The summed E-state index contributed by atoms with van der Waals surface area (Å²) in [6.07, 6.45) is 1.60. The largest absolute Gasteiger partial charge is 0.391 e. The molecule has 0 aromatic carbocycles. The van der Waals surface area contributed by atoms with Crippen LogP contribution in [0, 0.1) is 11.3 Å². The average molecular weight is 237 g/mol. The zero-order chi connectivity index (χ0) is 13.0. The van der Waals surface area contributed by atoms with Crippen LogP contribution < -0.4 is 0 Å². The van der Waals surface area contributed by atoms with E-state index in [1.807, 2.05) is 18.4 Å². The zero-order valence-electron chi connectivity index (χ0n) is 10.7. The van der Waals surface area contributed by atoms with Gasteiger partial charge in [0.15, 0.2) is 6.10 Å². The molecule has 3 unspecified atom stereocenters. The predicted molar refractivity (Wildman–Crippen MR) is 63.2 cm³/mol. The van der Waals surface area contributed by atoms with Gasteiger partial charge in [0.2, 0.25) is 0 Å². The average Bonchev–Trinajstić information content (AvgIpc) is 2.73. The highest BCUT2D eigenvalue weighted by Gasteiger charge is 2.21. The van der Waals surface area contributed by atoms with Crippen LogP contribution in [0.4, 0.5) is 0 Å². The monoisotopic (exact) mass is 237 g/mol. The number of rotatable bonds is 5. The summed E-state index contributed by atoms with van der Waals surface area (Å²) in [5, 5.41) is 18.5. The molecule has 1 heterocycles. The standard InChI is InChI=1S/C12H19N3O2/c1-8(2)15-7-14-6-11(15)12(5-13)17-10(4)9(3)16/h6-10,12,16H,1-4H3. The fourth-order valence-corrected chi connectivity index (χ4v) is 1.44. The lowest BCUT2D eigenvalue weighted by Gasteiger charge is -2.21. The minimum Gasteiger partial charge on any atom is -0.391 e. The number of aromatic nitrogens is 2. The Bertz CT molecular complexity index is 393. The van der Waals surface area contributed by atoms with Gasteiger partial charge < -0.3 is 14.4 Å². The Hall–Kier alpha value is -1.38. The third-order valence-electron chi connectivity index (χ3n) is 2.67. The molecule has 0 radical (unpaired) electrons. The molecule has 0 aliphatic heterocycles. The van der Waals surface area contributed by atoms with Crippen molar-refractivity contribution in [2.24, 2.45) is 0 Å². The molecule has 5 heteroatoms. The molecule has 0 fully saturated rings.